The number of nitrogens with zero attached hydrogens (tertiary/aromatic N) is 3. The van der Waals surface area contributed by atoms with Crippen molar-refractivity contribution >= 4 is 23.2 Å². The fourth-order valence-electron chi connectivity index (χ4n) is 3.27. The molecule has 0 aliphatic heterocycles. The molecule has 128 valence electrons. The molecular formula is C16H20N4O3S. The molecule has 8 heteroatoms. The van der Waals surface area contributed by atoms with Crippen molar-refractivity contribution in [2.24, 2.45) is 0 Å². The smallest absolute Gasteiger partial charge is 0.325 e. The Morgan fingerprint density at radius 3 is 2.79 bits per heavy atom. The first-order valence-electron chi connectivity index (χ1n) is 8.03. The number of carboxylic acid groups (broad SMARTS) is 1. The Morgan fingerprint density at radius 1 is 1.33 bits per heavy atom. The number of hydrogen-bond acceptors (Lipinski definition) is 5. The summed E-state index contributed by atoms with van der Waals surface area (Å²) in [7, 11) is 0. The minimum Gasteiger partial charge on any atom is -0.480 e. The van der Waals surface area contributed by atoms with Gasteiger partial charge >= 0.3 is 5.97 Å². The van der Waals surface area contributed by atoms with Crippen LogP contribution in [-0.2, 0) is 28.1 Å². The summed E-state index contributed by atoms with van der Waals surface area (Å²) in [5, 5.41) is 21.4. The fourth-order valence-corrected chi connectivity index (χ4v) is 4.25. The van der Waals surface area contributed by atoms with E-state index in [9.17, 15) is 9.59 Å². The molecule has 0 saturated heterocycles. The average Bonchev–Trinajstić information content (AvgIpc) is 3.24. The summed E-state index contributed by atoms with van der Waals surface area (Å²) in [6.07, 6.45) is 6.56. The molecule has 0 radical (unpaired) electrons. The summed E-state index contributed by atoms with van der Waals surface area (Å²) in [6.45, 7) is 0.0195. The maximum atomic E-state index is 12.9. The van der Waals surface area contributed by atoms with Gasteiger partial charge in [-0.1, -0.05) is 30.5 Å². The lowest BCUT2D eigenvalue weighted by molar-refractivity contribution is -0.138. The fraction of sp³-hybridized carbons (Fsp3) is 0.500. The zero-order chi connectivity index (χ0) is 17.0. The number of nitrogens with one attached hydrogen (secondary N) is 1. The molecule has 0 aromatic carbocycles. The molecule has 1 aliphatic rings. The highest BCUT2D eigenvalue weighted by atomic mass is 32.1. The standard InChI is InChI=1S/C16H20N4O3S/c21-14(22)11-20-10-12(18-19-20)9-17-15(23)16(6-2-1-3-7-16)13-5-4-8-24-13/h4-5,8,10H,1-3,6-7,9,11H2,(H,17,23)(H,21,22). The Balaban J connectivity index is 1.68. The molecule has 1 fully saturated rings. The molecule has 2 aromatic heterocycles. The van der Waals surface area contributed by atoms with Gasteiger partial charge in [-0.05, 0) is 24.3 Å². The number of amides is 1. The van der Waals surface area contributed by atoms with Gasteiger partial charge in [0.2, 0.25) is 5.91 Å². The van der Waals surface area contributed by atoms with Crippen LogP contribution >= 0.6 is 11.3 Å². The van der Waals surface area contributed by atoms with Crippen molar-refractivity contribution < 1.29 is 14.7 Å². The van der Waals surface area contributed by atoms with E-state index in [0.717, 1.165) is 30.6 Å². The van der Waals surface area contributed by atoms with Crippen molar-refractivity contribution in [3.05, 3.63) is 34.3 Å². The number of aliphatic carboxylic acids is 1. The van der Waals surface area contributed by atoms with Crippen LogP contribution in [0.1, 0.15) is 42.7 Å². The van der Waals surface area contributed by atoms with Crippen LogP contribution in [0.25, 0.3) is 0 Å². The van der Waals surface area contributed by atoms with Crippen LogP contribution in [0.3, 0.4) is 0 Å². The van der Waals surface area contributed by atoms with Crippen LogP contribution in [-0.4, -0.2) is 32.0 Å². The third-order valence-corrected chi connectivity index (χ3v) is 5.52. The number of carboxylic acids is 1. The Hall–Kier alpha value is -2.22. The van der Waals surface area contributed by atoms with E-state index in [1.54, 1.807) is 17.5 Å². The number of thiophene rings is 1. The Morgan fingerprint density at radius 2 is 2.12 bits per heavy atom. The maximum Gasteiger partial charge on any atom is 0.325 e. The highest BCUT2D eigenvalue weighted by molar-refractivity contribution is 7.10. The van der Waals surface area contributed by atoms with Crippen molar-refractivity contribution in [3.8, 4) is 0 Å². The molecule has 1 aliphatic carbocycles. The van der Waals surface area contributed by atoms with Gasteiger partial charge in [-0.3, -0.25) is 9.59 Å². The second kappa shape index (κ2) is 7.12. The molecule has 7 nitrogen and oxygen atoms in total. The third-order valence-electron chi connectivity index (χ3n) is 4.45. The number of hydrogen-bond donors (Lipinski definition) is 2. The molecule has 1 saturated carbocycles. The van der Waals surface area contributed by atoms with E-state index in [4.69, 9.17) is 5.11 Å². The summed E-state index contributed by atoms with van der Waals surface area (Å²) < 4.78 is 1.25. The average molecular weight is 348 g/mol. The van der Waals surface area contributed by atoms with E-state index in [0.29, 0.717) is 5.69 Å². The predicted molar refractivity (Wildman–Crippen MR) is 88.6 cm³/mol. The molecule has 2 heterocycles. The highest BCUT2D eigenvalue weighted by Gasteiger charge is 2.41. The second-order valence-corrected chi connectivity index (χ2v) is 7.05. The van der Waals surface area contributed by atoms with E-state index in [2.05, 4.69) is 15.6 Å². The Kier molecular flexibility index (Phi) is 4.94. The molecular weight excluding hydrogens is 328 g/mol. The number of carbonyl (C=O) groups is 2. The first-order valence-corrected chi connectivity index (χ1v) is 8.91. The van der Waals surface area contributed by atoms with Crippen LogP contribution in [0.4, 0.5) is 0 Å². The minimum absolute atomic E-state index is 0.0254. The van der Waals surface area contributed by atoms with Gasteiger partial charge in [0.05, 0.1) is 18.2 Å². The van der Waals surface area contributed by atoms with Gasteiger partial charge in [0.25, 0.3) is 0 Å². The van der Waals surface area contributed by atoms with Gasteiger partial charge in [0, 0.05) is 4.88 Å². The Labute approximate surface area is 143 Å². The molecule has 1 amide bonds. The largest absolute Gasteiger partial charge is 0.480 e. The second-order valence-electron chi connectivity index (χ2n) is 6.10. The van der Waals surface area contributed by atoms with E-state index < -0.39 is 11.4 Å². The van der Waals surface area contributed by atoms with E-state index >= 15 is 0 Å². The molecule has 3 rings (SSSR count). The van der Waals surface area contributed by atoms with Crippen LogP contribution in [0, 0.1) is 0 Å². The molecule has 0 bridgehead atoms. The summed E-state index contributed by atoms with van der Waals surface area (Å²) in [4.78, 5) is 24.7. The summed E-state index contributed by atoms with van der Waals surface area (Å²) in [6, 6.07) is 4.03. The normalized spacial score (nSPS) is 16.7. The van der Waals surface area contributed by atoms with Gasteiger partial charge in [0.1, 0.15) is 12.2 Å². The predicted octanol–water partition coefficient (Wildman–Crippen LogP) is 1.94. The zero-order valence-corrected chi connectivity index (χ0v) is 14.1. The number of carbonyl (C=O) groups excluding carboxylic acids is 1. The number of rotatable bonds is 6. The molecule has 0 spiro atoms. The molecule has 2 N–H and O–H groups in total. The SMILES string of the molecule is O=C(O)Cn1cc(CNC(=O)C2(c3cccs3)CCCCC2)nn1. The van der Waals surface area contributed by atoms with E-state index in [1.165, 1.54) is 11.1 Å². The monoisotopic (exact) mass is 348 g/mol. The third kappa shape index (κ3) is 3.48. The topological polar surface area (TPSA) is 97.1 Å². The quantitative estimate of drug-likeness (QED) is 0.831. The summed E-state index contributed by atoms with van der Waals surface area (Å²) in [5.41, 5.74) is 0.116. The highest BCUT2D eigenvalue weighted by Crippen LogP contribution is 2.41. The first kappa shape index (κ1) is 16.6. The van der Waals surface area contributed by atoms with Crippen molar-refractivity contribution in [2.75, 3.05) is 0 Å². The minimum atomic E-state index is -0.977. The van der Waals surface area contributed by atoms with Crippen LogP contribution in [0.2, 0.25) is 0 Å². The summed E-state index contributed by atoms with van der Waals surface area (Å²) in [5.74, 6) is -0.952. The van der Waals surface area contributed by atoms with Gasteiger partial charge in [-0.15, -0.1) is 16.4 Å². The lowest BCUT2D eigenvalue weighted by Gasteiger charge is -2.35. The van der Waals surface area contributed by atoms with Crippen LogP contribution in [0.15, 0.2) is 23.7 Å². The Bertz CT molecular complexity index is 705. The summed E-state index contributed by atoms with van der Waals surface area (Å²) >= 11 is 1.63. The first-order chi connectivity index (χ1) is 11.6. The van der Waals surface area contributed by atoms with Crippen LogP contribution in [0.5, 0.6) is 0 Å². The maximum absolute atomic E-state index is 12.9. The molecule has 0 unspecified atom stereocenters. The van der Waals surface area contributed by atoms with Gasteiger partial charge in [-0.2, -0.15) is 0 Å². The lowest BCUT2D eigenvalue weighted by Crippen LogP contribution is -2.45. The van der Waals surface area contributed by atoms with Gasteiger partial charge in [0.15, 0.2) is 0 Å². The van der Waals surface area contributed by atoms with Crippen molar-refractivity contribution in [3.63, 3.8) is 0 Å². The van der Waals surface area contributed by atoms with Gasteiger partial charge < -0.3 is 10.4 Å². The lowest BCUT2D eigenvalue weighted by atomic mass is 9.72. The van der Waals surface area contributed by atoms with Crippen LogP contribution < -0.4 is 5.32 Å². The van der Waals surface area contributed by atoms with Crippen molar-refractivity contribution in [1.29, 1.82) is 0 Å². The van der Waals surface area contributed by atoms with Crippen molar-refractivity contribution in [2.45, 2.75) is 50.6 Å². The molecule has 2 aromatic rings. The van der Waals surface area contributed by atoms with Crippen molar-refractivity contribution in [1.82, 2.24) is 20.3 Å². The molecule has 24 heavy (non-hydrogen) atoms. The molecule has 0 atom stereocenters. The van der Waals surface area contributed by atoms with Gasteiger partial charge in [-0.25, -0.2) is 4.68 Å². The number of aromatic nitrogens is 3. The zero-order valence-electron chi connectivity index (χ0n) is 13.3. The van der Waals surface area contributed by atoms with E-state index in [-0.39, 0.29) is 19.0 Å². The van der Waals surface area contributed by atoms with E-state index in [1.807, 2.05) is 17.5 Å².